The van der Waals surface area contributed by atoms with E-state index in [0.29, 0.717) is 35.8 Å². The predicted octanol–water partition coefficient (Wildman–Crippen LogP) is 3.18. The molecule has 14 heteroatoms. The SMILES string of the molecule is O=C(O)Oc1cn(-c2ccc(N3CCCNC3=O)cc2)c(=O)n(Cc2cccc(F)c2C(F)(F)F)c1=O. The zero-order chi connectivity index (χ0) is 26.9. The molecule has 0 aliphatic carbocycles. The smallest absolute Gasteiger partial charge is 0.449 e. The zero-order valence-corrected chi connectivity index (χ0v) is 18.8. The van der Waals surface area contributed by atoms with Crippen LogP contribution in [0.2, 0.25) is 0 Å². The molecule has 0 radical (unpaired) electrons. The standard InChI is InChI=1S/C23H18F4N4O6/c24-16-4-1-3-13(18(16)23(25,26)27)11-31-19(32)17(37-22(35)36)12-30(21(31)34)15-7-5-14(6-8-15)29-10-2-9-28-20(29)33/h1,3-8,12H,2,9-11H2,(H,28,33)(H,35,36). The molecule has 2 N–H and O–H groups in total. The number of amides is 2. The number of halogens is 4. The molecule has 10 nitrogen and oxygen atoms in total. The molecule has 2 aromatic carbocycles. The minimum absolute atomic E-state index is 0.0884. The molecular formula is C23H18F4N4O6. The Balaban J connectivity index is 1.82. The Morgan fingerprint density at radius 2 is 1.73 bits per heavy atom. The van der Waals surface area contributed by atoms with Crippen molar-refractivity contribution in [1.82, 2.24) is 14.5 Å². The minimum Gasteiger partial charge on any atom is -0.449 e. The first-order valence-electron chi connectivity index (χ1n) is 10.7. The molecule has 1 aliphatic heterocycles. The molecular weight excluding hydrogens is 504 g/mol. The number of nitrogens with one attached hydrogen (secondary N) is 1. The van der Waals surface area contributed by atoms with Crippen LogP contribution >= 0.6 is 0 Å². The van der Waals surface area contributed by atoms with Crippen LogP contribution in [0, 0.1) is 5.82 Å². The van der Waals surface area contributed by atoms with Gasteiger partial charge in [-0.05, 0) is 42.3 Å². The third-order valence-corrected chi connectivity index (χ3v) is 5.57. The van der Waals surface area contributed by atoms with Crippen LogP contribution in [-0.2, 0) is 12.7 Å². The van der Waals surface area contributed by atoms with Crippen LogP contribution in [0.15, 0.2) is 58.3 Å². The van der Waals surface area contributed by atoms with Crippen molar-refractivity contribution in [3.63, 3.8) is 0 Å². The average Bonchev–Trinajstić information content (AvgIpc) is 2.83. The van der Waals surface area contributed by atoms with Gasteiger partial charge in [0.2, 0.25) is 5.75 Å². The van der Waals surface area contributed by atoms with Crippen molar-refractivity contribution in [3.05, 3.63) is 86.4 Å². The van der Waals surface area contributed by atoms with Crippen LogP contribution in [0.5, 0.6) is 5.75 Å². The molecule has 0 bridgehead atoms. The molecule has 1 aliphatic rings. The number of alkyl halides is 3. The normalized spacial score (nSPS) is 13.8. The number of urea groups is 1. The van der Waals surface area contributed by atoms with Crippen LogP contribution in [0.25, 0.3) is 5.69 Å². The van der Waals surface area contributed by atoms with Crippen LogP contribution in [0.1, 0.15) is 17.5 Å². The number of carboxylic acid groups (broad SMARTS) is 1. The van der Waals surface area contributed by atoms with Crippen molar-refractivity contribution >= 4 is 17.9 Å². The van der Waals surface area contributed by atoms with Gasteiger partial charge in [-0.3, -0.25) is 18.8 Å². The van der Waals surface area contributed by atoms with Crippen molar-refractivity contribution < 1.29 is 37.0 Å². The summed E-state index contributed by atoms with van der Waals surface area (Å²) in [4.78, 5) is 50.6. The Hall–Kier alpha value is -4.62. The van der Waals surface area contributed by atoms with E-state index in [9.17, 15) is 36.7 Å². The zero-order valence-electron chi connectivity index (χ0n) is 18.8. The number of nitrogens with zero attached hydrogens (tertiary/aromatic N) is 3. The highest BCUT2D eigenvalue weighted by Gasteiger charge is 2.37. The average molecular weight is 522 g/mol. The van der Waals surface area contributed by atoms with Crippen LogP contribution < -0.4 is 26.2 Å². The number of benzene rings is 2. The van der Waals surface area contributed by atoms with Crippen molar-refractivity contribution in [2.75, 3.05) is 18.0 Å². The van der Waals surface area contributed by atoms with Gasteiger partial charge in [-0.2, -0.15) is 13.2 Å². The Kier molecular flexibility index (Phi) is 6.74. The molecule has 0 atom stereocenters. The topological polar surface area (TPSA) is 123 Å². The number of aromatic nitrogens is 2. The van der Waals surface area contributed by atoms with E-state index >= 15 is 0 Å². The maximum Gasteiger partial charge on any atom is 0.511 e. The molecule has 1 aromatic heterocycles. The lowest BCUT2D eigenvalue weighted by Gasteiger charge is -2.27. The van der Waals surface area contributed by atoms with E-state index in [0.717, 1.165) is 22.9 Å². The van der Waals surface area contributed by atoms with Gasteiger partial charge in [-0.15, -0.1) is 0 Å². The van der Waals surface area contributed by atoms with Gasteiger partial charge in [0.15, 0.2) is 0 Å². The molecule has 3 aromatic rings. The summed E-state index contributed by atoms with van der Waals surface area (Å²) >= 11 is 0. The number of hydrogen-bond acceptors (Lipinski definition) is 5. The number of anilines is 1. The Labute approximate surface area is 204 Å². The summed E-state index contributed by atoms with van der Waals surface area (Å²) in [5, 5.41) is 11.7. The van der Waals surface area contributed by atoms with E-state index in [1.54, 1.807) is 0 Å². The summed E-state index contributed by atoms with van der Waals surface area (Å²) < 4.78 is 60.1. The number of rotatable bonds is 5. The first-order valence-corrected chi connectivity index (χ1v) is 10.7. The van der Waals surface area contributed by atoms with Gasteiger partial charge in [0.1, 0.15) is 5.82 Å². The fourth-order valence-corrected chi connectivity index (χ4v) is 3.92. The molecule has 4 rings (SSSR count). The predicted molar refractivity (Wildman–Crippen MR) is 121 cm³/mol. The summed E-state index contributed by atoms with van der Waals surface area (Å²) in [6.07, 6.45) is -5.54. The molecule has 0 saturated carbocycles. The van der Waals surface area contributed by atoms with E-state index in [1.807, 2.05) is 0 Å². The summed E-state index contributed by atoms with van der Waals surface area (Å²) in [6, 6.07) is 7.91. The van der Waals surface area contributed by atoms with E-state index < -0.39 is 52.8 Å². The third-order valence-electron chi connectivity index (χ3n) is 5.57. The second-order valence-corrected chi connectivity index (χ2v) is 7.93. The van der Waals surface area contributed by atoms with Crippen molar-refractivity contribution in [2.45, 2.75) is 19.1 Å². The Bertz CT molecular complexity index is 1480. The van der Waals surface area contributed by atoms with Crippen molar-refractivity contribution in [1.29, 1.82) is 0 Å². The van der Waals surface area contributed by atoms with E-state index in [2.05, 4.69) is 10.1 Å². The fourth-order valence-electron chi connectivity index (χ4n) is 3.92. The van der Waals surface area contributed by atoms with Gasteiger partial charge in [0, 0.05) is 18.8 Å². The summed E-state index contributed by atoms with van der Waals surface area (Å²) in [5.74, 6) is -2.47. The molecule has 0 spiro atoms. The summed E-state index contributed by atoms with van der Waals surface area (Å²) in [5.41, 5.74) is -4.28. The number of carbonyl (C=O) groups is 2. The minimum atomic E-state index is -5.13. The van der Waals surface area contributed by atoms with E-state index in [-0.39, 0.29) is 11.7 Å². The van der Waals surface area contributed by atoms with Crippen LogP contribution in [0.4, 0.5) is 32.8 Å². The largest absolute Gasteiger partial charge is 0.511 e. The monoisotopic (exact) mass is 522 g/mol. The second kappa shape index (κ2) is 9.79. The highest BCUT2D eigenvalue weighted by atomic mass is 19.4. The highest BCUT2D eigenvalue weighted by Crippen LogP contribution is 2.34. The van der Waals surface area contributed by atoms with Crippen LogP contribution in [-0.4, -0.2) is 39.5 Å². The van der Waals surface area contributed by atoms with Crippen LogP contribution in [0.3, 0.4) is 0 Å². The van der Waals surface area contributed by atoms with Crippen molar-refractivity contribution in [2.24, 2.45) is 0 Å². The molecule has 2 amide bonds. The molecule has 37 heavy (non-hydrogen) atoms. The van der Waals surface area contributed by atoms with E-state index in [1.165, 1.54) is 29.2 Å². The first-order chi connectivity index (χ1) is 17.5. The van der Waals surface area contributed by atoms with Gasteiger partial charge in [-0.25, -0.2) is 18.8 Å². The molecule has 1 fully saturated rings. The highest BCUT2D eigenvalue weighted by molar-refractivity contribution is 5.92. The quantitative estimate of drug-likeness (QED) is 0.392. The fraction of sp³-hybridized carbons (Fsp3) is 0.217. The number of carbonyl (C=O) groups excluding carboxylic acids is 1. The first kappa shape index (κ1) is 25.5. The third kappa shape index (κ3) is 5.17. The molecule has 1 saturated heterocycles. The maximum absolute atomic E-state index is 14.0. The van der Waals surface area contributed by atoms with Gasteiger partial charge in [0.25, 0.3) is 5.56 Å². The lowest BCUT2D eigenvalue weighted by Crippen LogP contribution is -2.46. The Morgan fingerprint density at radius 3 is 2.35 bits per heavy atom. The summed E-state index contributed by atoms with van der Waals surface area (Å²) in [7, 11) is 0. The number of hydrogen-bond donors (Lipinski definition) is 2. The summed E-state index contributed by atoms with van der Waals surface area (Å²) in [6.45, 7) is -0.0486. The molecule has 0 unspecified atom stereocenters. The van der Waals surface area contributed by atoms with Gasteiger partial charge < -0.3 is 15.2 Å². The van der Waals surface area contributed by atoms with E-state index in [4.69, 9.17) is 5.11 Å². The maximum atomic E-state index is 14.0. The van der Waals surface area contributed by atoms with Crippen molar-refractivity contribution in [3.8, 4) is 11.4 Å². The lowest BCUT2D eigenvalue weighted by atomic mass is 10.1. The molecule has 194 valence electrons. The lowest BCUT2D eigenvalue weighted by molar-refractivity contribution is -0.140. The van der Waals surface area contributed by atoms with Gasteiger partial charge >= 0.3 is 24.1 Å². The van der Waals surface area contributed by atoms with Gasteiger partial charge in [0.05, 0.1) is 24.0 Å². The number of ether oxygens (including phenoxy) is 1. The second-order valence-electron chi connectivity index (χ2n) is 7.93. The van der Waals surface area contributed by atoms with Gasteiger partial charge in [-0.1, -0.05) is 12.1 Å². The Morgan fingerprint density at radius 1 is 1.05 bits per heavy atom. The molecule has 2 heterocycles.